The fourth-order valence-electron chi connectivity index (χ4n) is 1.10. The largest absolute Gasteiger partial charge is 0.508 e. The highest BCUT2D eigenvalue weighted by molar-refractivity contribution is 5.50. The van der Waals surface area contributed by atoms with Gasteiger partial charge in [-0.2, -0.15) is 0 Å². The summed E-state index contributed by atoms with van der Waals surface area (Å²) in [6.07, 6.45) is 1.83. The van der Waals surface area contributed by atoms with E-state index in [1.54, 1.807) is 29.3 Å². The van der Waals surface area contributed by atoms with Crippen LogP contribution >= 0.6 is 0 Å². The monoisotopic (exact) mass is 178 g/mol. The standard InChI is InChI=1S/C9H10N2O2/c1-7-6-11(10-13-7)8-2-4-9(12)5-3-8/h2-6,10,12H,1H3. The van der Waals surface area contributed by atoms with E-state index >= 15 is 0 Å². The van der Waals surface area contributed by atoms with Gasteiger partial charge in [0.1, 0.15) is 11.5 Å². The van der Waals surface area contributed by atoms with E-state index in [0.717, 1.165) is 11.4 Å². The maximum Gasteiger partial charge on any atom is 0.141 e. The molecule has 13 heavy (non-hydrogen) atoms. The van der Waals surface area contributed by atoms with Gasteiger partial charge in [0.05, 0.1) is 11.9 Å². The number of nitrogens with one attached hydrogen (secondary N) is 1. The van der Waals surface area contributed by atoms with Crippen LogP contribution in [-0.2, 0) is 4.84 Å². The molecule has 4 nitrogen and oxygen atoms in total. The van der Waals surface area contributed by atoms with Crippen molar-refractivity contribution in [3.8, 4) is 5.75 Å². The van der Waals surface area contributed by atoms with Gasteiger partial charge in [-0.25, -0.2) is 5.01 Å². The van der Waals surface area contributed by atoms with Crippen LogP contribution in [-0.4, -0.2) is 5.11 Å². The quantitative estimate of drug-likeness (QED) is 0.684. The number of benzene rings is 1. The van der Waals surface area contributed by atoms with Crippen molar-refractivity contribution in [3.63, 3.8) is 0 Å². The van der Waals surface area contributed by atoms with Crippen LogP contribution in [0.5, 0.6) is 5.75 Å². The highest BCUT2D eigenvalue weighted by Gasteiger charge is 2.10. The molecular formula is C9H10N2O2. The third-order valence-corrected chi connectivity index (χ3v) is 1.74. The predicted octanol–water partition coefficient (Wildman–Crippen LogP) is 1.51. The predicted molar refractivity (Wildman–Crippen MR) is 48.6 cm³/mol. The third kappa shape index (κ3) is 1.57. The number of hydrogen-bond donors (Lipinski definition) is 2. The third-order valence-electron chi connectivity index (χ3n) is 1.74. The zero-order valence-corrected chi connectivity index (χ0v) is 7.19. The van der Waals surface area contributed by atoms with Gasteiger partial charge in [0.15, 0.2) is 0 Å². The van der Waals surface area contributed by atoms with Crippen molar-refractivity contribution in [3.05, 3.63) is 36.2 Å². The minimum absolute atomic E-state index is 0.254. The fraction of sp³-hybridized carbons (Fsp3) is 0.111. The fourth-order valence-corrected chi connectivity index (χ4v) is 1.10. The summed E-state index contributed by atoms with van der Waals surface area (Å²) < 4.78 is 0. The Morgan fingerprint density at radius 3 is 2.54 bits per heavy atom. The number of nitrogens with zero attached hydrogens (tertiary/aromatic N) is 1. The number of hydrogen-bond acceptors (Lipinski definition) is 4. The average Bonchev–Trinajstić information content (AvgIpc) is 2.53. The van der Waals surface area contributed by atoms with E-state index in [0.29, 0.717) is 0 Å². The minimum Gasteiger partial charge on any atom is -0.508 e. The van der Waals surface area contributed by atoms with Gasteiger partial charge in [-0.3, -0.25) is 0 Å². The first-order chi connectivity index (χ1) is 6.25. The molecule has 0 aliphatic carbocycles. The molecule has 0 saturated heterocycles. The van der Waals surface area contributed by atoms with Gasteiger partial charge in [0, 0.05) is 0 Å². The van der Waals surface area contributed by atoms with Gasteiger partial charge in [0.25, 0.3) is 0 Å². The summed E-state index contributed by atoms with van der Waals surface area (Å²) in [6.45, 7) is 1.85. The molecule has 0 fully saturated rings. The molecule has 1 aliphatic heterocycles. The molecule has 1 heterocycles. The van der Waals surface area contributed by atoms with E-state index in [9.17, 15) is 0 Å². The van der Waals surface area contributed by atoms with Crippen LogP contribution in [0.1, 0.15) is 6.92 Å². The minimum atomic E-state index is 0.254. The second kappa shape index (κ2) is 2.99. The Bertz CT molecular complexity index is 332. The smallest absolute Gasteiger partial charge is 0.141 e. The van der Waals surface area contributed by atoms with Crippen LogP contribution in [0.2, 0.25) is 0 Å². The summed E-state index contributed by atoms with van der Waals surface area (Å²) >= 11 is 0. The van der Waals surface area contributed by atoms with Crippen molar-refractivity contribution in [1.29, 1.82) is 0 Å². The molecule has 0 unspecified atom stereocenters. The molecule has 1 aliphatic rings. The Balaban J connectivity index is 2.22. The topological polar surface area (TPSA) is 44.7 Å². The van der Waals surface area contributed by atoms with Crippen molar-refractivity contribution in [1.82, 2.24) is 5.59 Å². The first-order valence-corrected chi connectivity index (χ1v) is 3.95. The lowest BCUT2D eigenvalue weighted by Crippen LogP contribution is -2.26. The van der Waals surface area contributed by atoms with Crippen LogP contribution < -0.4 is 10.6 Å². The Morgan fingerprint density at radius 1 is 1.31 bits per heavy atom. The van der Waals surface area contributed by atoms with Crippen LogP contribution in [0, 0.1) is 0 Å². The van der Waals surface area contributed by atoms with E-state index in [1.807, 2.05) is 13.1 Å². The summed E-state index contributed by atoms with van der Waals surface area (Å²) in [4.78, 5) is 5.02. The van der Waals surface area contributed by atoms with Crippen molar-refractivity contribution < 1.29 is 9.94 Å². The normalized spacial score (nSPS) is 15.5. The Morgan fingerprint density at radius 2 is 2.00 bits per heavy atom. The van der Waals surface area contributed by atoms with E-state index < -0.39 is 0 Å². The molecule has 2 rings (SSSR count). The van der Waals surface area contributed by atoms with Crippen molar-refractivity contribution in [2.24, 2.45) is 0 Å². The first-order valence-electron chi connectivity index (χ1n) is 3.95. The lowest BCUT2D eigenvalue weighted by molar-refractivity contribution is 0.132. The van der Waals surface area contributed by atoms with Crippen LogP contribution in [0.25, 0.3) is 0 Å². The number of phenolic OH excluding ortho intramolecular Hbond substituents is 1. The molecule has 1 aromatic carbocycles. The molecule has 0 radical (unpaired) electrons. The molecule has 0 saturated carbocycles. The second-order valence-electron chi connectivity index (χ2n) is 2.82. The summed E-state index contributed by atoms with van der Waals surface area (Å²) in [6, 6.07) is 6.83. The molecule has 0 atom stereocenters. The zero-order chi connectivity index (χ0) is 9.26. The van der Waals surface area contributed by atoms with Crippen LogP contribution in [0.4, 0.5) is 5.69 Å². The number of allylic oxidation sites excluding steroid dienone is 1. The first kappa shape index (κ1) is 7.94. The van der Waals surface area contributed by atoms with Gasteiger partial charge in [-0.15, -0.1) is 0 Å². The summed E-state index contributed by atoms with van der Waals surface area (Å²) in [5, 5.41) is 10.8. The molecule has 0 spiro atoms. The van der Waals surface area contributed by atoms with Gasteiger partial charge in [-0.05, 0) is 31.2 Å². The summed E-state index contributed by atoms with van der Waals surface area (Å²) in [7, 11) is 0. The zero-order valence-electron chi connectivity index (χ0n) is 7.19. The molecule has 0 amide bonds. The SMILES string of the molecule is CC1=CN(c2ccc(O)cc2)NO1. The number of hydrazine groups is 1. The lowest BCUT2D eigenvalue weighted by atomic mass is 10.3. The molecule has 0 aromatic heterocycles. The van der Waals surface area contributed by atoms with E-state index in [-0.39, 0.29) is 5.75 Å². The van der Waals surface area contributed by atoms with Crippen LogP contribution in [0.15, 0.2) is 36.2 Å². The van der Waals surface area contributed by atoms with Crippen molar-refractivity contribution in [2.45, 2.75) is 6.92 Å². The van der Waals surface area contributed by atoms with Crippen LogP contribution in [0.3, 0.4) is 0 Å². The lowest BCUT2D eigenvalue weighted by Gasteiger charge is -2.13. The van der Waals surface area contributed by atoms with Gasteiger partial charge < -0.3 is 9.94 Å². The highest BCUT2D eigenvalue weighted by Crippen LogP contribution is 2.20. The number of phenols is 1. The Hall–Kier alpha value is -1.68. The van der Waals surface area contributed by atoms with Crippen molar-refractivity contribution >= 4 is 5.69 Å². The molecule has 4 heteroatoms. The number of rotatable bonds is 1. The summed E-state index contributed by atoms with van der Waals surface area (Å²) in [5.41, 5.74) is 3.61. The molecule has 0 bridgehead atoms. The number of anilines is 1. The van der Waals surface area contributed by atoms with E-state index in [1.165, 1.54) is 0 Å². The maximum atomic E-state index is 9.07. The second-order valence-corrected chi connectivity index (χ2v) is 2.82. The Labute approximate surface area is 76.0 Å². The van der Waals surface area contributed by atoms with E-state index in [4.69, 9.17) is 9.94 Å². The molecular weight excluding hydrogens is 168 g/mol. The molecule has 68 valence electrons. The number of aromatic hydroxyl groups is 1. The van der Waals surface area contributed by atoms with E-state index in [2.05, 4.69) is 5.59 Å². The maximum absolute atomic E-state index is 9.07. The average molecular weight is 178 g/mol. The van der Waals surface area contributed by atoms with Gasteiger partial charge in [0.2, 0.25) is 0 Å². The van der Waals surface area contributed by atoms with Crippen molar-refractivity contribution in [2.75, 3.05) is 5.01 Å². The Kier molecular flexibility index (Phi) is 1.83. The molecule has 2 N–H and O–H groups in total. The molecule has 1 aromatic rings. The van der Waals surface area contributed by atoms with Gasteiger partial charge in [-0.1, -0.05) is 5.59 Å². The van der Waals surface area contributed by atoms with Gasteiger partial charge >= 0.3 is 0 Å². The highest BCUT2D eigenvalue weighted by atomic mass is 16.7. The summed E-state index contributed by atoms with van der Waals surface area (Å²) in [5.74, 6) is 1.05.